The second kappa shape index (κ2) is 11.4. The summed E-state index contributed by atoms with van der Waals surface area (Å²) in [5, 5.41) is 0.527. The van der Waals surface area contributed by atoms with Crippen molar-refractivity contribution in [1.82, 2.24) is 4.57 Å². The van der Waals surface area contributed by atoms with Gasteiger partial charge in [0.1, 0.15) is 12.4 Å². The molecule has 8 heteroatoms. The van der Waals surface area contributed by atoms with Crippen LogP contribution in [0, 0.1) is 6.92 Å². The number of ether oxygens (including phenoxy) is 2. The van der Waals surface area contributed by atoms with Gasteiger partial charge in [-0.2, -0.15) is 0 Å². The van der Waals surface area contributed by atoms with Crippen LogP contribution in [0.4, 0.5) is 0 Å². The molecule has 1 atom stereocenters. The van der Waals surface area contributed by atoms with Crippen molar-refractivity contribution in [3.8, 4) is 5.75 Å². The number of rotatable bonds is 7. The number of fused-ring (bicyclic) bond motifs is 1. The number of aryl methyl sites for hydroxylation is 1. The van der Waals surface area contributed by atoms with Gasteiger partial charge in [0.2, 0.25) is 0 Å². The molecule has 3 aromatic carbocycles. The van der Waals surface area contributed by atoms with E-state index in [1.807, 2.05) is 61.5 Å². The van der Waals surface area contributed by atoms with E-state index < -0.39 is 12.0 Å². The molecule has 6 nitrogen and oxygen atoms in total. The first-order chi connectivity index (χ1) is 18.9. The van der Waals surface area contributed by atoms with Crippen molar-refractivity contribution in [3.05, 3.63) is 131 Å². The first kappa shape index (κ1) is 26.7. The second-order valence-corrected chi connectivity index (χ2v) is 10.6. The molecule has 0 fully saturated rings. The fourth-order valence-corrected chi connectivity index (χ4v) is 5.71. The summed E-state index contributed by atoms with van der Waals surface area (Å²) in [6.07, 6.45) is 1.77. The molecule has 1 aromatic heterocycles. The Kier molecular flexibility index (Phi) is 7.82. The zero-order valence-corrected chi connectivity index (χ0v) is 23.4. The Bertz CT molecular complexity index is 1740. The van der Waals surface area contributed by atoms with Gasteiger partial charge in [-0.05, 0) is 56.2 Å². The van der Waals surface area contributed by atoms with Gasteiger partial charge < -0.3 is 9.47 Å². The van der Waals surface area contributed by atoms with E-state index in [0.29, 0.717) is 43.5 Å². The van der Waals surface area contributed by atoms with Crippen molar-refractivity contribution in [3.63, 3.8) is 0 Å². The van der Waals surface area contributed by atoms with Crippen molar-refractivity contribution in [1.29, 1.82) is 0 Å². The van der Waals surface area contributed by atoms with Gasteiger partial charge >= 0.3 is 5.97 Å². The monoisotopic (exact) mass is 558 g/mol. The van der Waals surface area contributed by atoms with Crippen LogP contribution in [0.3, 0.4) is 0 Å². The Morgan fingerprint density at radius 2 is 1.82 bits per heavy atom. The van der Waals surface area contributed by atoms with Crippen molar-refractivity contribution >= 4 is 35.0 Å². The quantitative estimate of drug-likeness (QED) is 0.287. The zero-order chi connectivity index (χ0) is 27.5. The molecule has 0 saturated heterocycles. The van der Waals surface area contributed by atoms with Crippen LogP contribution in [0.15, 0.2) is 93.9 Å². The Hall–Kier alpha value is -3.94. The third-order valence-corrected chi connectivity index (χ3v) is 7.62. The number of esters is 1. The number of aromatic nitrogens is 1. The van der Waals surface area contributed by atoms with Gasteiger partial charge in [-0.3, -0.25) is 9.36 Å². The first-order valence-electron chi connectivity index (χ1n) is 12.6. The first-order valence-corrected chi connectivity index (χ1v) is 13.8. The van der Waals surface area contributed by atoms with Crippen molar-refractivity contribution in [2.45, 2.75) is 33.4 Å². The Balaban J connectivity index is 1.63. The van der Waals surface area contributed by atoms with Crippen LogP contribution in [-0.2, 0) is 16.1 Å². The van der Waals surface area contributed by atoms with Crippen LogP contribution in [0.25, 0.3) is 6.08 Å². The smallest absolute Gasteiger partial charge is 0.338 e. The molecule has 2 heterocycles. The summed E-state index contributed by atoms with van der Waals surface area (Å²) >= 11 is 7.59. The average molecular weight is 559 g/mol. The minimum atomic E-state index is -0.656. The van der Waals surface area contributed by atoms with E-state index in [1.165, 1.54) is 11.3 Å². The van der Waals surface area contributed by atoms with Crippen LogP contribution < -0.4 is 19.6 Å². The van der Waals surface area contributed by atoms with Gasteiger partial charge in [-0.15, -0.1) is 0 Å². The standard InChI is InChI=1S/C31H27ClN2O4S/c1-4-37-30(36)27-20(3)33-31-34(28(27)22-12-10-19(2)11-13-22)29(35)26(39-31)17-23-16-24(32)14-15-25(23)38-18-21-8-6-5-7-9-21/h5-17,28H,4,18H2,1-3H3/b26-17-/t28-/m1/s1. The molecule has 1 aliphatic heterocycles. The van der Waals surface area contributed by atoms with Gasteiger partial charge in [-0.1, -0.05) is 83.1 Å². The average Bonchev–Trinajstić information content (AvgIpc) is 3.22. The predicted molar refractivity (Wildman–Crippen MR) is 154 cm³/mol. The number of nitrogens with zero attached hydrogens (tertiary/aromatic N) is 2. The molecular weight excluding hydrogens is 532 g/mol. The largest absolute Gasteiger partial charge is 0.488 e. The van der Waals surface area contributed by atoms with Gasteiger partial charge in [0.05, 0.1) is 28.5 Å². The van der Waals surface area contributed by atoms with Gasteiger partial charge in [0.15, 0.2) is 4.80 Å². The number of allylic oxidation sites excluding steroid dienone is 1. The molecule has 198 valence electrons. The summed E-state index contributed by atoms with van der Waals surface area (Å²) in [4.78, 5) is 32.1. The van der Waals surface area contributed by atoms with Crippen molar-refractivity contribution in [2.24, 2.45) is 4.99 Å². The highest BCUT2D eigenvalue weighted by atomic mass is 35.5. The Morgan fingerprint density at radius 1 is 1.08 bits per heavy atom. The topological polar surface area (TPSA) is 69.9 Å². The van der Waals surface area contributed by atoms with Crippen LogP contribution >= 0.6 is 22.9 Å². The van der Waals surface area contributed by atoms with Gasteiger partial charge in [-0.25, -0.2) is 9.79 Å². The molecule has 1 aliphatic rings. The van der Waals surface area contributed by atoms with E-state index in [0.717, 1.165) is 16.7 Å². The number of thiazole rings is 1. The number of benzene rings is 3. The highest BCUT2D eigenvalue weighted by molar-refractivity contribution is 7.07. The third kappa shape index (κ3) is 5.60. The highest BCUT2D eigenvalue weighted by Crippen LogP contribution is 2.31. The summed E-state index contributed by atoms with van der Waals surface area (Å²) < 4.78 is 13.5. The molecule has 0 spiro atoms. The molecule has 0 N–H and O–H groups in total. The normalized spacial score (nSPS) is 15.1. The molecule has 5 rings (SSSR count). The maximum absolute atomic E-state index is 13.9. The van der Waals surface area contributed by atoms with E-state index in [2.05, 4.69) is 4.99 Å². The van der Waals surface area contributed by atoms with E-state index in [-0.39, 0.29) is 12.2 Å². The summed E-state index contributed by atoms with van der Waals surface area (Å²) in [5.74, 6) is 0.123. The SMILES string of the molecule is CCOC(=O)C1=C(C)N=c2s/c(=C\c3cc(Cl)ccc3OCc3ccccc3)c(=O)n2[C@@H]1c1ccc(C)cc1. The van der Waals surface area contributed by atoms with Gasteiger partial charge in [0.25, 0.3) is 5.56 Å². The van der Waals surface area contributed by atoms with Crippen LogP contribution in [-0.4, -0.2) is 17.1 Å². The maximum atomic E-state index is 13.9. The maximum Gasteiger partial charge on any atom is 0.338 e. The molecular formula is C31H27ClN2O4S. The molecule has 0 bridgehead atoms. The summed E-state index contributed by atoms with van der Waals surface area (Å²) in [7, 11) is 0. The number of hydrogen-bond acceptors (Lipinski definition) is 6. The lowest BCUT2D eigenvalue weighted by Gasteiger charge is -2.24. The number of hydrogen-bond donors (Lipinski definition) is 0. The van der Waals surface area contributed by atoms with E-state index in [1.54, 1.807) is 42.7 Å². The molecule has 0 radical (unpaired) electrons. The fraction of sp³-hybridized carbons (Fsp3) is 0.194. The van der Waals surface area contributed by atoms with Crippen LogP contribution in [0.2, 0.25) is 5.02 Å². The fourth-order valence-electron chi connectivity index (χ4n) is 4.50. The van der Waals surface area contributed by atoms with E-state index in [4.69, 9.17) is 21.1 Å². The molecule has 0 saturated carbocycles. The van der Waals surface area contributed by atoms with E-state index in [9.17, 15) is 9.59 Å². The molecule has 4 aromatic rings. The van der Waals surface area contributed by atoms with Crippen LogP contribution in [0.5, 0.6) is 5.75 Å². The zero-order valence-electron chi connectivity index (χ0n) is 21.8. The molecule has 39 heavy (non-hydrogen) atoms. The summed E-state index contributed by atoms with van der Waals surface area (Å²) in [5.41, 5.74) is 4.21. The minimum absolute atomic E-state index is 0.223. The Morgan fingerprint density at radius 3 is 2.54 bits per heavy atom. The number of halogens is 1. The minimum Gasteiger partial charge on any atom is -0.488 e. The number of carbonyl (C=O) groups is 1. The van der Waals surface area contributed by atoms with Crippen molar-refractivity contribution in [2.75, 3.05) is 6.61 Å². The summed E-state index contributed by atoms with van der Waals surface area (Å²) in [6.45, 7) is 6.12. The lowest BCUT2D eigenvalue weighted by molar-refractivity contribution is -0.139. The van der Waals surface area contributed by atoms with Crippen molar-refractivity contribution < 1.29 is 14.3 Å². The molecule has 0 aliphatic carbocycles. The molecule has 0 unspecified atom stereocenters. The third-order valence-electron chi connectivity index (χ3n) is 6.41. The lowest BCUT2D eigenvalue weighted by atomic mass is 9.95. The molecule has 0 amide bonds. The van der Waals surface area contributed by atoms with Crippen LogP contribution in [0.1, 0.15) is 42.1 Å². The highest BCUT2D eigenvalue weighted by Gasteiger charge is 2.33. The second-order valence-electron chi connectivity index (χ2n) is 9.17. The summed E-state index contributed by atoms with van der Waals surface area (Å²) in [6, 6.07) is 22.3. The number of carbonyl (C=O) groups excluding carboxylic acids is 1. The Labute approximate surface area is 235 Å². The predicted octanol–water partition coefficient (Wildman–Crippen LogP) is 5.34. The van der Waals surface area contributed by atoms with Gasteiger partial charge in [0, 0.05) is 10.6 Å². The lowest BCUT2D eigenvalue weighted by Crippen LogP contribution is -2.39. The van der Waals surface area contributed by atoms with E-state index >= 15 is 0 Å².